The van der Waals surface area contributed by atoms with Crippen LogP contribution in [0.1, 0.15) is 49.7 Å². The lowest BCUT2D eigenvalue weighted by molar-refractivity contribution is 0.347. The Morgan fingerprint density at radius 2 is 1.80 bits per heavy atom. The summed E-state index contributed by atoms with van der Waals surface area (Å²) in [6.07, 6.45) is 5.43. The van der Waals surface area contributed by atoms with Crippen LogP contribution in [0.15, 0.2) is 18.2 Å². The number of hydrogen-bond donors (Lipinski definition) is 1. The molecule has 1 nitrogen and oxygen atoms in total. The molecule has 1 aliphatic carbocycles. The lowest BCUT2D eigenvalue weighted by Crippen LogP contribution is -2.12. The highest BCUT2D eigenvalue weighted by Crippen LogP contribution is 2.37. The molecule has 1 heteroatoms. The minimum Gasteiger partial charge on any atom is -0.399 e. The number of aryl methyl sites for hydroxylation is 1. The monoisotopic (exact) mass is 203 g/mol. The molecule has 0 radical (unpaired) electrons. The zero-order valence-electron chi connectivity index (χ0n) is 9.79. The maximum atomic E-state index is 5.86. The van der Waals surface area contributed by atoms with Gasteiger partial charge in [0.05, 0.1) is 0 Å². The Labute approximate surface area is 92.7 Å². The van der Waals surface area contributed by atoms with Gasteiger partial charge in [-0.15, -0.1) is 0 Å². The van der Waals surface area contributed by atoms with Gasteiger partial charge in [0.15, 0.2) is 0 Å². The van der Waals surface area contributed by atoms with Gasteiger partial charge in [-0.1, -0.05) is 25.8 Å². The second-order valence-corrected chi connectivity index (χ2v) is 5.07. The first-order valence-corrected chi connectivity index (χ1v) is 6.03. The molecule has 1 aromatic rings. The van der Waals surface area contributed by atoms with Crippen molar-refractivity contribution in [1.82, 2.24) is 0 Å². The summed E-state index contributed by atoms with van der Waals surface area (Å²) in [6.45, 7) is 4.56. The molecule has 1 aromatic carbocycles. The second kappa shape index (κ2) is 4.26. The van der Waals surface area contributed by atoms with E-state index in [4.69, 9.17) is 5.73 Å². The molecule has 0 unspecified atom stereocenters. The molecule has 2 N–H and O–H groups in total. The largest absolute Gasteiger partial charge is 0.399 e. The summed E-state index contributed by atoms with van der Waals surface area (Å²) in [7, 11) is 0. The van der Waals surface area contributed by atoms with Crippen LogP contribution in [0.2, 0.25) is 0 Å². The van der Waals surface area contributed by atoms with Gasteiger partial charge < -0.3 is 5.73 Å². The van der Waals surface area contributed by atoms with Crippen molar-refractivity contribution in [2.24, 2.45) is 5.92 Å². The molecule has 0 heterocycles. The fourth-order valence-electron chi connectivity index (χ4n) is 2.67. The van der Waals surface area contributed by atoms with Gasteiger partial charge in [0, 0.05) is 5.69 Å². The molecule has 0 aromatic heterocycles. The van der Waals surface area contributed by atoms with Gasteiger partial charge in [0.2, 0.25) is 0 Å². The molecule has 0 amide bonds. The van der Waals surface area contributed by atoms with Crippen molar-refractivity contribution >= 4 is 5.69 Å². The Hall–Kier alpha value is -0.980. The molecule has 0 bridgehead atoms. The van der Waals surface area contributed by atoms with Crippen LogP contribution in [0, 0.1) is 12.8 Å². The van der Waals surface area contributed by atoms with Crippen molar-refractivity contribution in [1.29, 1.82) is 0 Å². The first-order valence-electron chi connectivity index (χ1n) is 6.03. The van der Waals surface area contributed by atoms with E-state index in [0.29, 0.717) is 0 Å². The van der Waals surface area contributed by atoms with E-state index in [-0.39, 0.29) is 0 Å². The summed E-state index contributed by atoms with van der Waals surface area (Å²) < 4.78 is 0. The maximum Gasteiger partial charge on any atom is 0.0317 e. The van der Waals surface area contributed by atoms with E-state index in [0.717, 1.165) is 17.5 Å². The molecular weight excluding hydrogens is 182 g/mol. The van der Waals surface area contributed by atoms with Crippen LogP contribution in [-0.2, 0) is 0 Å². The van der Waals surface area contributed by atoms with Crippen molar-refractivity contribution in [3.63, 3.8) is 0 Å². The average Bonchev–Trinajstić information content (AvgIpc) is 2.23. The molecule has 2 rings (SSSR count). The molecule has 0 spiro atoms. The van der Waals surface area contributed by atoms with E-state index >= 15 is 0 Å². The van der Waals surface area contributed by atoms with E-state index in [1.807, 2.05) is 6.07 Å². The van der Waals surface area contributed by atoms with E-state index in [9.17, 15) is 0 Å². The second-order valence-electron chi connectivity index (χ2n) is 5.07. The molecule has 0 aliphatic heterocycles. The summed E-state index contributed by atoms with van der Waals surface area (Å²) >= 11 is 0. The third-order valence-electron chi connectivity index (χ3n) is 3.76. The van der Waals surface area contributed by atoms with Crippen molar-refractivity contribution in [3.05, 3.63) is 29.3 Å². The van der Waals surface area contributed by atoms with Gasteiger partial charge in [-0.3, -0.25) is 0 Å². The number of benzene rings is 1. The summed E-state index contributed by atoms with van der Waals surface area (Å²) in [5.74, 6) is 1.67. The van der Waals surface area contributed by atoms with Crippen molar-refractivity contribution < 1.29 is 0 Å². The number of nitrogens with two attached hydrogens (primary N) is 1. The Bertz CT molecular complexity index is 335. The SMILES string of the molecule is Cc1ccc(N)cc1C1CCC(C)CC1. The lowest BCUT2D eigenvalue weighted by Gasteiger charge is -2.27. The number of rotatable bonds is 1. The number of anilines is 1. The van der Waals surface area contributed by atoms with Crippen LogP contribution in [0.3, 0.4) is 0 Å². The van der Waals surface area contributed by atoms with Gasteiger partial charge in [-0.25, -0.2) is 0 Å². The summed E-state index contributed by atoms with van der Waals surface area (Å²) in [5.41, 5.74) is 9.67. The quantitative estimate of drug-likeness (QED) is 0.689. The highest BCUT2D eigenvalue weighted by Gasteiger charge is 2.20. The van der Waals surface area contributed by atoms with Gasteiger partial charge in [0.1, 0.15) is 0 Å². The minimum absolute atomic E-state index is 0.754. The zero-order chi connectivity index (χ0) is 10.8. The smallest absolute Gasteiger partial charge is 0.0317 e. The van der Waals surface area contributed by atoms with Crippen LogP contribution in [0.5, 0.6) is 0 Å². The van der Waals surface area contributed by atoms with E-state index < -0.39 is 0 Å². The maximum absolute atomic E-state index is 5.86. The van der Waals surface area contributed by atoms with Crippen molar-refractivity contribution in [2.75, 3.05) is 5.73 Å². The Balaban J connectivity index is 2.18. The van der Waals surface area contributed by atoms with Crippen LogP contribution in [0.4, 0.5) is 5.69 Å². The average molecular weight is 203 g/mol. The van der Waals surface area contributed by atoms with Crippen molar-refractivity contribution in [3.8, 4) is 0 Å². The zero-order valence-corrected chi connectivity index (χ0v) is 9.79. The van der Waals surface area contributed by atoms with Gasteiger partial charge in [-0.2, -0.15) is 0 Å². The molecule has 82 valence electrons. The molecule has 0 atom stereocenters. The first-order chi connectivity index (χ1) is 7.16. The predicted molar refractivity (Wildman–Crippen MR) is 66.0 cm³/mol. The highest BCUT2D eigenvalue weighted by atomic mass is 14.5. The Kier molecular flexibility index (Phi) is 2.99. The highest BCUT2D eigenvalue weighted by molar-refractivity contribution is 5.45. The lowest BCUT2D eigenvalue weighted by atomic mass is 9.78. The third-order valence-corrected chi connectivity index (χ3v) is 3.76. The topological polar surface area (TPSA) is 26.0 Å². The molecule has 1 aliphatic rings. The Morgan fingerprint density at radius 1 is 1.13 bits per heavy atom. The summed E-state index contributed by atoms with van der Waals surface area (Å²) in [6, 6.07) is 6.34. The standard InChI is InChI=1S/C14H21N/c1-10-3-6-12(7-4-10)14-9-13(15)8-5-11(14)2/h5,8-10,12H,3-4,6-7,15H2,1-2H3. The summed E-state index contributed by atoms with van der Waals surface area (Å²) in [5, 5.41) is 0. The van der Waals surface area contributed by atoms with E-state index in [2.05, 4.69) is 26.0 Å². The normalized spacial score (nSPS) is 26.5. The van der Waals surface area contributed by atoms with Crippen LogP contribution < -0.4 is 5.73 Å². The predicted octanol–water partition coefficient (Wildman–Crippen LogP) is 3.87. The fourth-order valence-corrected chi connectivity index (χ4v) is 2.67. The third kappa shape index (κ3) is 2.34. The van der Waals surface area contributed by atoms with E-state index in [1.54, 1.807) is 0 Å². The first kappa shape index (κ1) is 10.5. The van der Waals surface area contributed by atoms with Crippen LogP contribution >= 0.6 is 0 Å². The summed E-state index contributed by atoms with van der Waals surface area (Å²) in [4.78, 5) is 0. The van der Waals surface area contributed by atoms with Crippen molar-refractivity contribution in [2.45, 2.75) is 45.4 Å². The molecule has 15 heavy (non-hydrogen) atoms. The number of hydrogen-bond acceptors (Lipinski definition) is 1. The van der Waals surface area contributed by atoms with Gasteiger partial charge in [-0.05, 0) is 54.9 Å². The number of nitrogen functional groups attached to an aromatic ring is 1. The fraction of sp³-hybridized carbons (Fsp3) is 0.571. The van der Waals surface area contributed by atoms with E-state index in [1.165, 1.54) is 36.8 Å². The molecule has 1 saturated carbocycles. The molecular formula is C14H21N. The van der Waals surface area contributed by atoms with Gasteiger partial charge in [0.25, 0.3) is 0 Å². The minimum atomic E-state index is 0.754. The van der Waals surface area contributed by atoms with Gasteiger partial charge >= 0.3 is 0 Å². The van der Waals surface area contributed by atoms with Crippen LogP contribution in [0.25, 0.3) is 0 Å². The molecule has 1 fully saturated rings. The van der Waals surface area contributed by atoms with Crippen LogP contribution in [-0.4, -0.2) is 0 Å². The molecule has 0 saturated heterocycles. The Morgan fingerprint density at radius 3 is 2.47 bits per heavy atom.